The lowest BCUT2D eigenvalue weighted by molar-refractivity contribution is -0.152. The fraction of sp³-hybridized carbons (Fsp3) is 0.667. The number of allylic oxidation sites excluding steroid dienone is 1. The monoisotopic (exact) mass is 172 g/mol. The van der Waals surface area contributed by atoms with Crippen LogP contribution in [0.15, 0.2) is 12.2 Å². The van der Waals surface area contributed by atoms with Crippen LogP contribution in [0.4, 0.5) is 0 Å². The Bertz CT molecular complexity index is 150. The molecule has 0 aromatic heterocycles. The van der Waals surface area contributed by atoms with E-state index in [9.17, 15) is 4.79 Å². The summed E-state index contributed by atoms with van der Waals surface area (Å²) in [5, 5.41) is 8.73. The number of hydrogen-bond donors (Lipinski definition) is 1. The van der Waals surface area contributed by atoms with E-state index in [2.05, 4.69) is 0 Å². The van der Waals surface area contributed by atoms with Gasteiger partial charge in [0.05, 0.1) is 6.61 Å². The van der Waals surface area contributed by atoms with Crippen molar-refractivity contribution in [2.24, 2.45) is 0 Å². The maximum absolute atomic E-state index is 10.7. The first-order valence-electron chi connectivity index (χ1n) is 4.18. The molecular weight excluding hydrogens is 156 g/mol. The van der Waals surface area contributed by atoms with Crippen LogP contribution in [0.2, 0.25) is 0 Å². The van der Waals surface area contributed by atoms with Gasteiger partial charge in [-0.3, -0.25) is 0 Å². The average Bonchev–Trinajstić information content (AvgIpc) is 2.03. The number of aliphatic hydroxyl groups excluding tert-OH is 1. The fourth-order valence-corrected chi connectivity index (χ4v) is 0.633. The highest BCUT2D eigenvalue weighted by molar-refractivity contribution is 5.73. The van der Waals surface area contributed by atoms with Gasteiger partial charge in [0.2, 0.25) is 0 Å². The predicted molar refractivity (Wildman–Crippen MR) is 46.7 cm³/mol. The van der Waals surface area contributed by atoms with Crippen molar-refractivity contribution in [2.45, 2.75) is 32.8 Å². The molecule has 0 rings (SSSR count). The third-order valence-corrected chi connectivity index (χ3v) is 1.27. The van der Waals surface area contributed by atoms with Crippen LogP contribution in [-0.2, 0) is 9.53 Å². The van der Waals surface area contributed by atoms with Gasteiger partial charge in [0, 0.05) is 0 Å². The molecule has 3 heteroatoms. The molecule has 1 atom stereocenters. The summed E-state index contributed by atoms with van der Waals surface area (Å²) in [5.74, 6) is -0.556. The van der Waals surface area contributed by atoms with Gasteiger partial charge in [-0.1, -0.05) is 19.1 Å². The van der Waals surface area contributed by atoms with E-state index in [0.717, 1.165) is 6.42 Å². The molecule has 0 heterocycles. The first kappa shape index (κ1) is 11.2. The summed E-state index contributed by atoms with van der Waals surface area (Å²) < 4.78 is 4.71. The molecule has 70 valence electrons. The van der Waals surface area contributed by atoms with Crippen LogP contribution in [0.1, 0.15) is 26.7 Å². The molecule has 3 nitrogen and oxygen atoms in total. The molecule has 0 aliphatic carbocycles. The van der Waals surface area contributed by atoms with Crippen LogP contribution < -0.4 is 0 Å². The lowest BCUT2D eigenvalue weighted by atomic mass is 10.3. The van der Waals surface area contributed by atoms with Crippen molar-refractivity contribution in [1.82, 2.24) is 0 Å². The molecule has 0 aromatic rings. The standard InChI is InChI=1S/C9H16O3/c1-3-4-5-6-7-12-9(11)8(2)10/h4-5,8,10H,3,6-7H2,1-2H3/b5-4-. The van der Waals surface area contributed by atoms with E-state index in [0.29, 0.717) is 13.0 Å². The molecular formula is C9H16O3. The molecule has 0 aliphatic rings. The largest absolute Gasteiger partial charge is 0.463 e. The van der Waals surface area contributed by atoms with Crippen LogP contribution >= 0.6 is 0 Å². The van der Waals surface area contributed by atoms with Crippen molar-refractivity contribution >= 4 is 5.97 Å². The normalized spacial score (nSPS) is 13.2. The lowest BCUT2D eigenvalue weighted by Crippen LogP contribution is -2.19. The van der Waals surface area contributed by atoms with Gasteiger partial charge in [0.25, 0.3) is 0 Å². The van der Waals surface area contributed by atoms with Gasteiger partial charge in [-0.25, -0.2) is 4.79 Å². The van der Waals surface area contributed by atoms with Crippen molar-refractivity contribution in [2.75, 3.05) is 6.61 Å². The number of esters is 1. The van der Waals surface area contributed by atoms with Crippen LogP contribution in [0.3, 0.4) is 0 Å². The van der Waals surface area contributed by atoms with Crippen LogP contribution in [-0.4, -0.2) is 23.8 Å². The van der Waals surface area contributed by atoms with E-state index in [1.54, 1.807) is 0 Å². The molecule has 0 saturated heterocycles. The second-order valence-corrected chi connectivity index (χ2v) is 2.51. The minimum Gasteiger partial charge on any atom is -0.463 e. The molecule has 0 bridgehead atoms. The van der Waals surface area contributed by atoms with Crippen LogP contribution in [0.25, 0.3) is 0 Å². The van der Waals surface area contributed by atoms with Crippen molar-refractivity contribution in [3.05, 3.63) is 12.2 Å². The highest BCUT2D eigenvalue weighted by Crippen LogP contribution is 1.91. The fourth-order valence-electron chi connectivity index (χ4n) is 0.633. The van der Waals surface area contributed by atoms with E-state index in [1.807, 2.05) is 19.1 Å². The van der Waals surface area contributed by atoms with Gasteiger partial charge in [-0.05, 0) is 19.8 Å². The molecule has 0 amide bonds. The Hall–Kier alpha value is -0.830. The quantitative estimate of drug-likeness (QED) is 0.386. The van der Waals surface area contributed by atoms with Gasteiger partial charge in [-0.2, -0.15) is 0 Å². The Labute approximate surface area is 73.0 Å². The highest BCUT2D eigenvalue weighted by atomic mass is 16.5. The lowest BCUT2D eigenvalue weighted by Gasteiger charge is -2.03. The number of aliphatic hydroxyl groups is 1. The van der Waals surface area contributed by atoms with Gasteiger partial charge >= 0.3 is 5.97 Å². The molecule has 0 aromatic carbocycles. The maximum atomic E-state index is 10.7. The smallest absolute Gasteiger partial charge is 0.334 e. The van der Waals surface area contributed by atoms with Gasteiger partial charge in [0.15, 0.2) is 0 Å². The molecule has 0 fully saturated rings. The minimum atomic E-state index is -1.01. The first-order chi connectivity index (χ1) is 5.68. The van der Waals surface area contributed by atoms with Crippen LogP contribution in [0.5, 0.6) is 0 Å². The highest BCUT2D eigenvalue weighted by Gasteiger charge is 2.08. The van der Waals surface area contributed by atoms with E-state index < -0.39 is 12.1 Å². The summed E-state index contributed by atoms with van der Waals surface area (Å²) in [6.45, 7) is 3.78. The molecule has 1 unspecified atom stereocenters. The molecule has 0 aliphatic heterocycles. The molecule has 12 heavy (non-hydrogen) atoms. The summed E-state index contributed by atoms with van der Waals surface area (Å²) in [4.78, 5) is 10.7. The van der Waals surface area contributed by atoms with Crippen molar-refractivity contribution < 1.29 is 14.6 Å². The second kappa shape index (κ2) is 6.85. The van der Waals surface area contributed by atoms with Gasteiger partial charge < -0.3 is 9.84 Å². The summed E-state index contributed by atoms with van der Waals surface area (Å²) >= 11 is 0. The Balaban J connectivity index is 3.31. The Morgan fingerprint density at radius 1 is 1.58 bits per heavy atom. The number of carbonyl (C=O) groups excluding carboxylic acids is 1. The van der Waals surface area contributed by atoms with E-state index in [4.69, 9.17) is 9.84 Å². The number of carbonyl (C=O) groups is 1. The summed E-state index contributed by atoms with van der Waals surface area (Å²) in [6.07, 6.45) is 4.66. The summed E-state index contributed by atoms with van der Waals surface area (Å²) in [7, 11) is 0. The van der Waals surface area contributed by atoms with Gasteiger partial charge in [0.1, 0.15) is 6.10 Å². The molecule has 0 saturated carbocycles. The van der Waals surface area contributed by atoms with E-state index in [1.165, 1.54) is 6.92 Å². The van der Waals surface area contributed by atoms with E-state index in [-0.39, 0.29) is 0 Å². The molecule has 1 N–H and O–H groups in total. The maximum Gasteiger partial charge on any atom is 0.334 e. The van der Waals surface area contributed by atoms with Crippen LogP contribution in [0, 0.1) is 0 Å². The number of rotatable bonds is 5. The molecule has 0 spiro atoms. The zero-order chi connectivity index (χ0) is 9.40. The summed E-state index contributed by atoms with van der Waals surface area (Å²) in [5.41, 5.74) is 0. The number of hydrogen-bond acceptors (Lipinski definition) is 3. The minimum absolute atomic E-state index is 0.347. The third kappa shape index (κ3) is 5.92. The molecule has 0 radical (unpaired) electrons. The topological polar surface area (TPSA) is 46.5 Å². The first-order valence-corrected chi connectivity index (χ1v) is 4.18. The SMILES string of the molecule is CC/C=C\CCOC(=O)C(C)O. The van der Waals surface area contributed by atoms with Crippen molar-refractivity contribution in [1.29, 1.82) is 0 Å². The van der Waals surface area contributed by atoms with Gasteiger partial charge in [-0.15, -0.1) is 0 Å². The second-order valence-electron chi connectivity index (χ2n) is 2.51. The Morgan fingerprint density at radius 2 is 2.25 bits per heavy atom. The van der Waals surface area contributed by atoms with Crippen molar-refractivity contribution in [3.63, 3.8) is 0 Å². The average molecular weight is 172 g/mol. The zero-order valence-corrected chi connectivity index (χ0v) is 7.62. The third-order valence-electron chi connectivity index (χ3n) is 1.27. The van der Waals surface area contributed by atoms with E-state index >= 15 is 0 Å². The Morgan fingerprint density at radius 3 is 2.75 bits per heavy atom. The zero-order valence-electron chi connectivity index (χ0n) is 7.62. The Kier molecular flexibility index (Phi) is 6.38. The van der Waals surface area contributed by atoms with Crippen molar-refractivity contribution in [3.8, 4) is 0 Å². The number of ether oxygens (including phenoxy) is 1. The predicted octanol–water partition coefficient (Wildman–Crippen LogP) is 1.27. The summed E-state index contributed by atoms with van der Waals surface area (Å²) in [6, 6.07) is 0.